The molecule has 2 N–H and O–H groups in total. The number of aromatic amines is 1. The molecule has 6 heteroatoms. The third-order valence-corrected chi connectivity index (χ3v) is 5.96. The molecule has 0 amide bonds. The normalized spacial score (nSPS) is 11.6. The molecule has 0 atom stereocenters. The molecule has 0 aliphatic carbocycles. The largest absolute Gasteiger partial charge is 0.485 e. The van der Waals surface area contributed by atoms with Crippen LogP contribution in [0.4, 0.5) is 4.39 Å². The minimum Gasteiger partial charge on any atom is -0.485 e. The lowest BCUT2D eigenvalue weighted by Gasteiger charge is -2.24. The molecule has 1 heterocycles. The van der Waals surface area contributed by atoms with Crippen molar-refractivity contribution in [3.05, 3.63) is 100 Å². The van der Waals surface area contributed by atoms with E-state index >= 15 is 4.39 Å². The molecule has 4 rings (SSSR count). The van der Waals surface area contributed by atoms with E-state index in [4.69, 9.17) is 9.47 Å². The van der Waals surface area contributed by atoms with E-state index in [0.29, 0.717) is 18.4 Å². The van der Waals surface area contributed by atoms with Crippen LogP contribution < -0.4 is 4.74 Å². The Morgan fingerprint density at radius 2 is 1.71 bits per heavy atom. The quantitative estimate of drug-likeness (QED) is 0.316. The zero-order valence-corrected chi connectivity index (χ0v) is 19.5. The summed E-state index contributed by atoms with van der Waals surface area (Å²) in [7, 11) is 1.66. The fourth-order valence-electron chi connectivity index (χ4n) is 4.32. The van der Waals surface area contributed by atoms with Gasteiger partial charge in [-0.05, 0) is 47.4 Å². The van der Waals surface area contributed by atoms with E-state index in [1.165, 1.54) is 6.07 Å². The standard InChI is InChI=1S/C28H28FNO4/c1-28(2,17-33-3)26-21(15-18-9-11-20(12-10-18)27(31)32)24-23(30-26)14-13-22(29)25(24)34-16-19-7-5-4-6-8-19/h4-14,30H,15-17H2,1-3H3,(H,31,32). The number of hydrogen-bond donors (Lipinski definition) is 2. The summed E-state index contributed by atoms with van der Waals surface area (Å²) in [5.74, 6) is -1.20. The highest BCUT2D eigenvalue weighted by atomic mass is 19.1. The molecule has 0 aliphatic rings. The van der Waals surface area contributed by atoms with Gasteiger partial charge in [-0.2, -0.15) is 0 Å². The van der Waals surface area contributed by atoms with Gasteiger partial charge in [0.25, 0.3) is 0 Å². The van der Waals surface area contributed by atoms with Gasteiger partial charge in [0, 0.05) is 29.1 Å². The average Bonchev–Trinajstić information content (AvgIpc) is 3.19. The SMILES string of the molecule is COCC(C)(C)c1[nH]c2ccc(F)c(OCc3ccccc3)c2c1Cc1ccc(C(=O)O)cc1. The van der Waals surface area contributed by atoms with Crippen LogP contribution in [0.3, 0.4) is 0 Å². The first-order valence-corrected chi connectivity index (χ1v) is 11.1. The van der Waals surface area contributed by atoms with Crippen LogP contribution in [-0.4, -0.2) is 29.8 Å². The second-order valence-corrected chi connectivity index (χ2v) is 9.05. The number of fused-ring (bicyclic) bond motifs is 1. The molecule has 0 radical (unpaired) electrons. The summed E-state index contributed by atoms with van der Waals surface area (Å²) < 4.78 is 26.6. The van der Waals surface area contributed by atoms with Crippen LogP contribution in [0, 0.1) is 5.82 Å². The summed E-state index contributed by atoms with van der Waals surface area (Å²) in [5, 5.41) is 9.92. The van der Waals surface area contributed by atoms with Crippen molar-refractivity contribution in [2.24, 2.45) is 0 Å². The van der Waals surface area contributed by atoms with Gasteiger partial charge in [-0.1, -0.05) is 56.3 Å². The van der Waals surface area contributed by atoms with Crippen molar-refractivity contribution in [2.75, 3.05) is 13.7 Å². The van der Waals surface area contributed by atoms with Crippen LogP contribution >= 0.6 is 0 Å². The van der Waals surface area contributed by atoms with E-state index in [-0.39, 0.29) is 23.3 Å². The van der Waals surface area contributed by atoms with E-state index in [0.717, 1.165) is 27.9 Å². The zero-order chi connectivity index (χ0) is 24.3. The van der Waals surface area contributed by atoms with Crippen molar-refractivity contribution < 1.29 is 23.8 Å². The maximum absolute atomic E-state index is 15.1. The molecule has 176 valence electrons. The molecular weight excluding hydrogens is 433 g/mol. The number of benzene rings is 3. The summed E-state index contributed by atoms with van der Waals surface area (Å²) in [6, 6.07) is 19.5. The van der Waals surface area contributed by atoms with Gasteiger partial charge in [0.1, 0.15) is 6.61 Å². The third-order valence-electron chi connectivity index (χ3n) is 5.96. The van der Waals surface area contributed by atoms with Gasteiger partial charge in [-0.15, -0.1) is 0 Å². The van der Waals surface area contributed by atoms with Crippen molar-refractivity contribution >= 4 is 16.9 Å². The summed E-state index contributed by atoms with van der Waals surface area (Å²) in [4.78, 5) is 14.7. The van der Waals surface area contributed by atoms with E-state index < -0.39 is 11.8 Å². The number of aromatic nitrogens is 1. The lowest BCUT2D eigenvalue weighted by molar-refractivity contribution is 0.0697. The summed E-state index contributed by atoms with van der Waals surface area (Å²) in [5.41, 5.74) is 4.32. The molecule has 0 unspecified atom stereocenters. The van der Waals surface area contributed by atoms with Gasteiger partial charge in [0.05, 0.1) is 12.2 Å². The highest BCUT2D eigenvalue weighted by molar-refractivity contribution is 5.92. The topological polar surface area (TPSA) is 71.5 Å². The number of methoxy groups -OCH3 is 1. The van der Waals surface area contributed by atoms with Gasteiger partial charge in [-0.25, -0.2) is 9.18 Å². The lowest BCUT2D eigenvalue weighted by atomic mass is 9.85. The number of halogens is 1. The van der Waals surface area contributed by atoms with Crippen LogP contribution in [0.2, 0.25) is 0 Å². The van der Waals surface area contributed by atoms with E-state index in [1.807, 2.05) is 30.3 Å². The van der Waals surface area contributed by atoms with Crippen LogP contribution in [0.15, 0.2) is 66.7 Å². The minimum absolute atomic E-state index is 0.203. The Labute approximate surface area is 198 Å². The van der Waals surface area contributed by atoms with Gasteiger partial charge < -0.3 is 19.6 Å². The summed E-state index contributed by atoms with van der Waals surface area (Å²) >= 11 is 0. The molecule has 0 saturated heterocycles. The second-order valence-electron chi connectivity index (χ2n) is 9.05. The van der Waals surface area contributed by atoms with E-state index in [1.54, 1.807) is 37.4 Å². The second kappa shape index (κ2) is 9.69. The van der Waals surface area contributed by atoms with E-state index in [2.05, 4.69) is 18.8 Å². The molecule has 0 saturated carbocycles. The minimum atomic E-state index is -0.973. The number of ether oxygens (including phenoxy) is 2. The monoisotopic (exact) mass is 461 g/mol. The predicted molar refractivity (Wildman–Crippen MR) is 130 cm³/mol. The molecule has 0 bridgehead atoms. The fourth-order valence-corrected chi connectivity index (χ4v) is 4.32. The van der Waals surface area contributed by atoms with Gasteiger partial charge >= 0.3 is 5.97 Å². The summed E-state index contributed by atoms with van der Waals surface area (Å²) in [6.07, 6.45) is 0.480. The molecular formula is C28H28FNO4. The smallest absolute Gasteiger partial charge is 0.335 e. The predicted octanol–water partition coefficient (Wildman–Crippen LogP) is 6.10. The fraction of sp³-hybridized carbons (Fsp3) is 0.250. The van der Waals surface area contributed by atoms with E-state index in [9.17, 15) is 9.90 Å². The Morgan fingerprint density at radius 3 is 2.35 bits per heavy atom. The number of H-pyrrole nitrogens is 1. The number of carboxylic acids is 1. The molecule has 0 spiro atoms. The molecule has 5 nitrogen and oxygen atoms in total. The van der Waals surface area contributed by atoms with Crippen LogP contribution in [0.25, 0.3) is 10.9 Å². The number of carbonyl (C=O) groups is 1. The highest BCUT2D eigenvalue weighted by Gasteiger charge is 2.29. The molecule has 0 aliphatic heterocycles. The average molecular weight is 462 g/mol. The Bertz CT molecular complexity index is 1290. The van der Waals surface area contributed by atoms with Crippen LogP contribution in [0.1, 0.15) is 46.6 Å². The molecule has 4 aromatic rings. The first kappa shape index (κ1) is 23.5. The van der Waals surface area contributed by atoms with Crippen molar-refractivity contribution in [1.29, 1.82) is 0 Å². The van der Waals surface area contributed by atoms with Crippen LogP contribution in [-0.2, 0) is 23.2 Å². The van der Waals surface area contributed by atoms with Crippen molar-refractivity contribution in [3.8, 4) is 5.75 Å². The Morgan fingerprint density at radius 1 is 1.00 bits per heavy atom. The maximum atomic E-state index is 15.1. The van der Waals surface area contributed by atoms with Gasteiger partial charge in [0.15, 0.2) is 11.6 Å². The van der Waals surface area contributed by atoms with Gasteiger partial charge in [0.2, 0.25) is 0 Å². The first-order chi connectivity index (χ1) is 16.3. The number of nitrogens with one attached hydrogen (secondary N) is 1. The van der Waals surface area contributed by atoms with Crippen molar-refractivity contribution in [3.63, 3.8) is 0 Å². The number of carboxylic acid groups (broad SMARTS) is 1. The molecule has 3 aromatic carbocycles. The third kappa shape index (κ3) is 4.82. The Balaban J connectivity index is 1.83. The van der Waals surface area contributed by atoms with Crippen LogP contribution in [0.5, 0.6) is 5.75 Å². The number of rotatable bonds is 9. The molecule has 1 aromatic heterocycles. The molecule has 0 fully saturated rings. The molecule has 34 heavy (non-hydrogen) atoms. The Kier molecular flexibility index (Phi) is 6.70. The number of hydrogen-bond acceptors (Lipinski definition) is 3. The first-order valence-electron chi connectivity index (χ1n) is 11.1. The lowest BCUT2D eigenvalue weighted by Crippen LogP contribution is -2.25. The zero-order valence-electron chi connectivity index (χ0n) is 19.5. The summed E-state index contributed by atoms with van der Waals surface area (Å²) in [6.45, 7) is 4.84. The van der Waals surface area contributed by atoms with Gasteiger partial charge in [-0.3, -0.25) is 0 Å². The maximum Gasteiger partial charge on any atom is 0.335 e. The van der Waals surface area contributed by atoms with Crippen molar-refractivity contribution in [2.45, 2.75) is 32.3 Å². The highest BCUT2D eigenvalue weighted by Crippen LogP contribution is 2.39. The van der Waals surface area contributed by atoms with Crippen molar-refractivity contribution in [1.82, 2.24) is 4.98 Å². The Hall–Kier alpha value is -3.64. The number of aromatic carboxylic acids is 1.